The minimum absolute atomic E-state index is 0.00789. The van der Waals surface area contributed by atoms with Crippen LogP contribution in [0, 0.1) is 0 Å². The highest BCUT2D eigenvalue weighted by Crippen LogP contribution is 2.36. The number of rotatable bonds is 2. The second kappa shape index (κ2) is 5.86. The first-order valence-corrected chi connectivity index (χ1v) is 10.2. The summed E-state index contributed by atoms with van der Waals surface area (Å²) in [5, 5.41) is 2.46. The van der Waals surface area contributed by atoms with Gasteiger partial charge < -0.3 is 0 Å². The molecule has 2 heterocycles. The normalized spacial score (nSPS) is 20.2. The van der Waals surface area contributed by atoms with Crippen LogP contribution in [0.25, 0.3) is 10.8 Å². The van der Waals surface area contributed by atoms with Crippen LogP contribution in [0.5, 0.6) is 0 Å². The molecule has 2 aliphatic heterocycles. The van der Waals surface area contributed by atoms with Gasteiger partial charge in [0.2, 0.25) is 11.8 Å². The Hall–Kier alpha value is -2.78. The van der Waals surface area contributed by atoms with E-state index in [-0.39, 0.29) is 39.6 Å². The molecule has 0 bridgehead atoms. The van der Waals surface area contributed by atoms with E-state index in [0.29, 0.717) is 0 Å². The summed E-state index contributed by atoms with van der Waals surface area (Å²) in [6.07, 6.45) is 0.0373. The summed E-state index contributed by atoms with van der Waals surface area (Å²) in [5.41, 5.74) is 0.183. The van der Waals surface area contributed by atoms with Gasteiger partial charge in [-0.25, -0.2) is 8.42 Å². The Morgan fingerprint density at radius 2 is 1.67 bits per heavy atom. The lowest BCUT2D eigenvalue weighted by atomic mass is 9.91. The molecule has 0 aliphatic carbocycles. The second-order valence-electron chi connectivity index (χ2n) is 6.22. The number of halogens is 1. The van der Waals surface area contributed by atoms with Gasteiger partial charge in [-0.05, 0) is 24.6 Å². The number of carbonyl (C=O) groups is 4. The number of piperidine rings is 1. The van der Waals surface area contributed by atoms with E-state index in [1.807, 2.05) is 0 Å². The van der Waals surface area contributed by atoms with E-state index >= 15 is 0 Å². The Kier molecular flexibility index (Phi) is 3.83. The molecule has 1 unspecified atom stereocenters. The van der Waals surface area contributed by atoms with Gasteiger partial charge in [0.15, 0.2) is 0 Å². The predicted octanol–water partition coefficient (Wildman–Crippen LogP) is 1.17. The summed E-state index contributed by atoms with van der Waals surface area (Å²) >= 11 is 0. The summed E-state index contributed by atoms with van der Waals surface area (Å²) in [7, 11) is 1.37. The van der Waals surface area contributed by atoms with Crippen LogP contribution in [0.4, 0.5) is 0 Å². The first-order chi connectivity index (χ1) is 12.7. The number of hydrogen-bond donors (Lipinski definition) is 1. The smallest absolute Gasteiger partial charge is 0.262 e. The number of carbonyl (C=O) groups excluding carboxylic acids is 4. The third-order valence-corrected chi connectivity index (χ3v) is 6.06. The van der Waals surface area contributed by atoms with Gasteiger partial charge in [-0.1, -0.05) is 12.1 Å². The van der Waals surface area contributed by atoms with E-state index in [1.165, 1.54) is 30.3 Å². The topological polar surface area (TPSA) is 118 Å². The molecule has 4 amide bonds. The third-order valence-electron chi connectivity index (χ3n) is 4.68. The van der Waals surface area contributed by atoms with Crippen molar-refractivity contribution in [3.63, 3.8) is 0 Å². The maximum absolute atomic E-state index is 13.0. The Morgan fingerprint density at radius 1 is 1.00 bits per heavy atom. The molecule has 0 spiro atoms. The quantitative estimate of drug-likeness (QED) is 0.590. The summed E-state index contributed by atoms with van der Waals surface area (Å²) in [6, 6.07) is 5.74. The number of hydrogen-bond acceptors (Lipinski definition) is 6. The lowest BCUT2D eigenvalue weighted by Gasteiger charge is -2.34. The Bertz CT molecular complexity index is 1150. The molecule has 4 rings (SSSR count). The van der Waals surface area contributed by atoms with Crippen LogP contribution in [0.2, 0.25) is 0 Å². The monoisotopic (exact) mass is 406 g/mol. The molecular weight excluding hydrogens is 396 g/mol. The van der Waals surface area contributed by atoms with Crippen molar-refractivity contribution in [3.05, 3.63) is 41.5 Å². The van der Waals surface area contributed by atoms with Crippen LogP contribution in [-0.2, 0) is 18.6 Å². The van der Waals surface area contributed by atoms with Gasteiger partial charge in [-0.2, -0.15) is 0 Å². The van der Waals surface area contributed by atoms with E-state index < -0.39 is 38.7 Å². The predicted molar refractivity (Wildman–Crippen MR) is 93.7 cm³/mol. The van der Waals surface area contributed by atoms with E-state index in [2.05, 4.69) is 5.32 Å². The summed E-state index contributed by atoms with van der Waals surface area (Å²) in [5.74, 6) is -2.63. The average Bonchev–Trinajstić information content (AvgIpc) is 2.60. The first kappa shape index (κ1) is 17.6. The van der Waals surface area contributed by atoms with Crippen molar-refractivity contribution < 1.29 is 27.6 Å². The van der Waals surface area contributed by atoms with Crippen molar-refractivity contribution in [2.45, 2.75) is 23.8 Å². The first-order valence-electron chi connectivity index (χ1n) is 7.92. The van der Waals surface area contributed by atoms with E-state index in [9.17, 15) is 27.6 Å². The van der Waals surface area contributed by atoms with E-state index in [4.69, 9.17) is 10.7 Å². The second-order valence-corrected chi connectivity index (χ2v) is 8.76. The zero-order chi connectivity index (χ0) is 19.5. The van der Waals surface area contributed by atoms with E-state index in [1.54, 1.807) is 0 Å². The molecule has 1 fully saturated rings. The molecule has 2 aromatic carbocycles. The van der Waals surface area contributed by atoms with E-state index in [0.717, 1.165) is 4.90 Å². The van der Waals surface area contributed by atoms with Crippen molar-refractivity contribution >= 4 is 54.1 Å². The molecule has 2 aromatic rings. The summed E-state index contributed by atoms with van der Waals surface area (Å²) in [4.78, 5) is 50.1. The zero-order valence-corrected chi connectivity index (χ0v) is 15.1. The molecule has 1 atom stereocenters. The summed E-state index contributed by atoms with van der Waals surface area (Å²) in [6.45, 7) is 0. The maximum atomic E-state index is 13.0. The van der Waals surface area contributed by atoms with Crippen LogP contribution < -0.4 is 5.32 Å². The van der Waals surface area contributed by atoms with Gasteiger partial charge >= 0.3 is 0 Å². The van der Waals surface area contributed by atoms with Crippen molar-refractivity contribution in [1.82, 2.24) is 10.2 Å². The molecule has 2 aliphatic rings. The van der Waals surface area contributed by atoms with Gasteiger partial charge in [0, 0.05) is 39.0 Å². The lowest BCUT2D eigenvalue weighted by molar-refractivity contribution is -0.136. The van der Waals surface area contributed by atoms with Crippen LogP contribution in [0.1, 0.15) is 33.6 Å². The van der Waals surface area contributed by atoms with Gasteiger partial charge in [-0.3, -0.25) is 29.4 Å². The van der Waals surface area contributed by atoms with Gasteiger partial charge in [-0.15, -0.1) is 0 Å². The number of amides is 4. The highest BCUT2D eigenvalue weighted by atomic mass is 35.7. The fraction of sp³-hybridized carbons (Fsp3) is 0.176. The molecule has 0 radical (unpaired) electrons. The highest BCUT2D eigenvalue weighted by molar-refractivity contribution is 8.14. The molecule has 1 saturated heterocycles. The van der Waals surface area contributed by atoms with Crippen molar-refractivity contribution in [1.29, 1.82) is 0 Å². The highest BCUT2D eigenvalue weighted by Gasteiger charge is 2.42. The fourth-order valence-electron chi connectivity index (χ4n) is 3.51. The average molecular weight is 407 g/mol. The number of benzene rings is 2. The Balaban J connectivity index is 1.92. The number of nitrogens with zero attached hydrogens (tertiary/aromatic N) is 1. The molecule has 0 aromatic heterocycles. The molecule has 10 heteroatoms. The molecule has 0 saturated carbocycles. The van der Waals surface area contributed by atoms with Crippen LogP contribution in [-0.4, -0.2) is 43.0 Å². The molecule has 138 valence electrons. The van der Waals surface area contributed by atoms with Crippen molar-refractivity contribution in [3.8, 4) is 0 Å². The fourth-order valence-corrected chi connectivity index (χ4v) is 4.58. The Morgan fingerprint density at radius 3 is 2.30 bits per heavy atom. The standard InChI is InChI=1S/C17H11ClN2O6S/c18-27(25,26)12-6-4-10-14-8(12)2-1-3-9(14)16(23)20(17(10)24)11-5-7-13(21)19-15(11)22/h1-4,6,11H,5,7H2,(H,19,21,22). The van der Waals surface area contributed by atoms with Gasteiger partial charge in [0.1, 0.15) is 6.04 Å². The molecule has 27 heavy (non-hydrogen) atoms. The SMILES string of the molecule is O=C1CCC(N2C(=O)c3cccc4c(S(=O)(=O)Cl)ccc(c34)C2=O)C(=O)N1. The molecule has 1 N–H and O–H groups in total. The molecule has 8 nitrogen and oxygen atoms in total. The molecular formula is C17H11ClN2O6S. The van der Waals surface area contributed by atoms with Crippen LogP contribution in [0.15, 0.2) is 35.2 Å². The zero-order valence-electron chi connectivity index (χ0n) is 13.6. The summed E-state index contributed by atoms with van der Waals surface area (Å²) < 4.78 is 23.6. The van der Waals surface area contributed by atoms with Gasteiger partial charge in [0.05, 0.1) is 4.90 Å². The minimum atomic E-state index is -4.10. The number of imide groups is 2. The maximum Gasteiger partial charge on any atom is 0.262 e. The van der Waals surface area contributed by atoms with Crippen molar-refractivity contribution in [2.75, 3.05) is 0 Å². The minimum Gasteiger partial charge on any atom is -0.295 e. The third kappa shape index (κ3) is 2.62. The lowest BCUT2D eigenvalue weighted by Crippen LogP contribution is -2.57. The van der Waals surface area contributed by atoms with Crippen LogP contribution >= 0.6 is 10.7 Å². The largest absolute Gasteiger partial charge is 0.295 e. The number of nitrogens with one attached hydrogen (secondary N) is 1. The van der Waals surface area contributed by atoms with Crippen LogP contribution in [0.3, 0.4) is 0 Å². The Labute approximate surface area is 157 Å². The van der Waals surface area contributed by atoms with Crippen molar-refractivity contribution in [2.24, 2.45) is 0 Å². The van der Waals surface area contributed by atoms with Gasteiger partial charge in [0.25, 0.3) is 20.9 Å².